The molecule has 2 aliphatic carbocycles. The van der Waals surface area contributed by atoms with Crippen molar-refractivity contribution in [2.45, 2.75) is 105 Å². The molecule has 4 atom stereocenters. The number of rotatable bonds is 9. The number of allylic oxidation sites excluding steroid dienone is 2. The maximum atomic E-state index is 12.4. The highest BCUT2D eigenvalue weighted by Gasteiger charge is 2.27. The van der Waals surface area contributed by atoms with E-state index in [9.17, 15) is 4.79 Å². The van der Waals surface area contributed by atoms with Gasteiger partial charge in [0.15, 0.2) is 0 Å². The number of unbranched alkanes of at least 4 members (excludes halogenated alkanes) is 1. The fourth-order valence-corrected chi connectivity index (χ4v) is 5.35. The molecule has 0 aromatic rings. The van der Waals surface area contributed by atoms with Crippen LogP contribution in [-0.2, 0) is 4.79 Å². The second kappa shape index (κ2) is 10.5. The number of hydrogen-bond donors (Lipinski definition) is 0. The number of hydrogen-bond acceptors (Lipinski definition) is 1. The second-order valence-electron chi connectivity index (χ2n) is 9.45. The van der Waals surface area contributed by atoms with Crippen molar-refractivity contribution in [3.05, 3.63) is 11.6 Å². The highest BCUT2D eigenvalue weighted by Crippen LogP contribution is 2.38. The van der Waals surface area contributed by atoms with E-state index in [0.29, 0.717) is 17.6 Å². The first-order chi connectivity index (χ1) is 12.0. The zero-order valence-corrected chi connectivity index (χ0v) is 17.4. The van der Waals surface area contributed by atoms with Crippen LogP contribution in [0.5, 0.6) is 0 Å². The standard InChI is InChI=1S/C24H42O/c1-18(2)24-15-8-6-12-21(24)11-5-7-14-23(25)17-20(4)22-13-9-10-19(3)16-22/h16,18-21,24H,5-15,17H2,1-4H3. The number of Topliss-reactive ketones (excluding diaryl/α,β-unsaturated/α-hetero) is 1. The molecule has 0 bridgehead atoms. The molecule has 0 N–H and O–H groups in total. The zero-order chi connectivity index (χ0) is 18.2. The Labute approximate surface area is 157 Å². The summed E-state index contributed by atoms with van der Waals surface area (Å²) in [4.78, 5) is 12.4. The molecule has 0 aromatic heterocycles. The summed E-state index contributed by atoms with van der Waals surface area (Å²) >= 11 is 0. The smallest absolute Gasteiger partial charge is 0.133 e. The predicted octanol–water partition coefficient (Wildman–Crippen LogP) is 7.35. The van der Waals surface area contributed by atoms with Crippen LogP contribution in [0, 0.1) is 29.6 Å². The monoisotopic (exact) mass is 346 g/mol. The van der Waals surface area contributed by atoms with Gasteiger partial charge in [0, 0.05) is 12.8 Å². The van der Waals surface area contributed by atoms with Crippen molar-refractivity contribution in [3.8, 4) is 0 Å². The van der Waals surface area contributed by atoms with Gasteiger partial charge >= 0.3 is 0 Å². The minimum atomic E-state index is 0.471. The number of ketones is 1. The van der Waals surface area contributed by atoms with Crippen molar-refractivity contribution < 1.29 is 4.79 Å². The maximum Gasteiger partial charge on any atom is 0.133 e. The van der Waals surface area contributed by atoms with Gasteiger partial charge in [-0.15, -0.1) is 0 Å². The van der Waals surface area contributed by atoms with Crippen molar-refractivity contribution in [1.82, 2.24) is 0 Å². The lowest BCUT2D eigenvalue weighted by Gasteiger charge is -2.34. The molecular weight excluding hydrogens is 304 g/mol. The topological polar surface area (TPSA) is 17.1 Å². The third-order valence-electron chi connectivity index (χ3n) is 6.90. The largest absolute Gasteiger partial charge is 0.300 e. The molecule has 1 nitrogen and oxygen atoms in total. The van der Waals surface area contributed by atoms with E-state index in [0.717, 1.165) is 37.0 Å². The predicted molar refractivity (Wildman–Crippen MR) is 109 cm³/mol. The van der Waals surface area contributed by atoms with Crippen LogP contribution in [0.15, 0.2) is 11.6 Å². The van der Waals surface area contributed by atoms with Crippen LogP contribution < -0.4 is 0 Å². The summed E-state index contributed by atoms with van der Waals surface area (Å²) in [6, 6.07) is 0. The van der Waals surface area contributed by atoms with Crippen molar-refractivity contribution in [2.24, 2.45) is 29.6 Å². The van der Waals surface area contributed by atoms with Gasteiger partial charge in [0.2, 0.25) is 0 Å². The molecule has 4 unspecified atom stereocenters. The quantitative estimate of drug-likeness (QED) is 0.315. The first-order valence-corrected chi connectivity index (χ1v) is 11.2. The van der Waals surface area contributed by atoms with E-state index in [4.69, 9.17) is 0 Å². The van der Waals surface area contributed by atoms with Crippen LogP contribution in [-0.4, -0.2) is 5.78 Å². The van der Waals surface area contributed by atoms with Gasteiger partial charge in [-0.1, -0.05) is 71.4 Å². The van der Waals surface area contributed by atoms with Gasteiger partial charge in [-0.05, 0) is 61.7 Å². The summed E-state index contributed by atoms with van der Waals surface area (Å²) in [5.41, 5.74) is 1.55. The van der Waals surface area contributed by atoms with E-state index < -0.39 is 0 Å². The highest BCUT2D eigenvalue weighted by molar-refractivity contribution is 5.78. The van der Waals surface area contributed by atoms with E-state index in [-0.39, 0.29) is 0 Å². The lowest BCUT2D eigenvalue weighted by molar-refractivity contribution is -0.119. The minimum Gasteiger partial charge on any atom is -0.300 e. The van der Waals surface area contributed by atoms with E-state index in [1.165, 1.54) is 57.8 Å². The van der Waals surface area contributed by atoms with Crippen LogP contribution in [0.1, 0.15) is 105 Å². The Morgan fingerprint density at radius 3 is 2.56 bits per heavy atom. The summed E-state index contributed by atoms with van der Waals surface area (Å²) in [6.07, 6.45) is 17.3. The van der Waals surface area contributed by atoms with Gasteiger partial charge in [0.05, 0.1) is 0 Å². The van der Waals surface area contributed by atoms with E-state index >= 15 is 0 Å². The Kier molecular flexibility index (Phi) is 8.73. The molecule has 1 heteroatoms. The summed E-state index contributed by atoms with van der Waals surface area (Å²) in [5, 5.41) is 0. The zero-order valence-electron chi connectivity index (χ0n) is 17.4. The molecule has 25 heavy (non-hydrogen) atoms. The Bertz CT molecular complexity index is 433. The van der Waals surface area contributed by atoms with Crippen LogP contribution in [0.4, 0.5) is 0 Å². The van der Waals surface area contributed by atoms with Crippen LogP contribution >= 0.6 is 0 Å². The lowest BCUT2D eigenvalue weighted by atomic mass is 9.71. The molecule has 2 rings (SSSR count). The Hall–Kier alpha value is -0.590. The van der Waals surface area contributed by atoms with E-state index in [2.05, 4.69) is 33.8 Å². The van der Waals surface area contributed by atoms with Crippen molar-refractivity contribution in [1.29, 1.82) is 0 Å². The molecule has 144 valence electrons. The molecule has 1 saturated carbocycles. The van der Waals surface area contributed by atoms with Gasteiger partial charge in [-0.3, -0.25) is 4.79 Å². The SMILES string of the molecule is CC1C=C(C(C)CC(=O)CCCCC2CCCCC2C(C)C)CCC1. The average Bonchev–Trinajstić information content (AvgIpc) is 2.59. The summed E-state index contributed by atoms with van der Waals surface area (Å²) in [5.74, 6) is 4.38. The molecule has 0 heterocycles. The van der Waals surface area contributed by atoms with Crippen molar-refractivity contribution >= 4 is 5.78 Å². The molecule has 0 aliphatic heterocycles. The molecule has 0 saturated heterocycles. The van der Waals surface area contributed by atoms with Gasteiger partial charge in [0.1, 0.15) is 5.78 Å². The third-order valence-corrected chi connectivity index (χ3v) is 6.90. The molecule has 1 fully saturated rings. The van der Waals surface area contributed by atoms with Gasteiger partial charge in [-0.25, -0.2) is 0 Å². The second-order valence-corrected chi connectivity index (χ2v) is 9.45. The average molecular weight is 347 g/mol. The number of carbonyl (C=O) groups excluding carboxylic acids is 1. The van der Waals surface area contributed by atoms with Crippen molar-refractivity contribution in [2.75, 3.05) is 0 Å². The van der Waals surface area contributed by atoms with Crippen LogP contribution in [0.3, 0.4) is 0 Å². The summed E-state index contributed by atoms with van der Waals surface area (Å²) < 4.78 is 0. The molecule has 0 amide bonds. The normalized spacial score (nSPS) is 28.7. The minimum absolute atomic E-state index is 0.471. The summed E-state index contributed by atoms with van der Waals surface area (Å²) in [7, 11) is 0. The van der Waals surface area contributed by atoms with Gasteiger partial charge in [-0.2, -0.15) is 0 Å². The van der Waals surface area contributed by atoms with E-state index in [1.807, 2.05) is 0 Å². The summed E-state index contributed by atoms with van der Waals surface area (Å²) in [6.45, 7) is 9.36. The number of carbonyl (C=O) groups is 1. The van der Waals surface area contributed by atoms with Crippen LogP contribution in [0.25, 0.3) is 0 Å². The fourth-order valence-electron chi connectivity index (χ4n) is 5.35. The first-order valence-electron chi connectivity index (χ1n) is 11.2. The third kappa shape index (κ3) is 6.91. The van der Waals surface area contributed by atoms with Gasteiger partial charge < -0.3 is 0 Å². The fraction of sp³-hybridized carbons (Fsp3) is 0.875. The highest BCUT2D eigenvalue weighted by atomic mass is 16.1. The van der Waals surface area contributed by atoms with Crippen LogP contribution in [0.2, 0.25) is 0 Å². The first kappa shape index (κ1) is 20.7. The Morgan fingerprint density at radius 2 is 1.84 bits per heavy atom. The Balaban J connectivity index is 1.65. The molecule has 0 radical (unpaired) electrons. The molecule has 0 spiro atoms. The van der Waals surface area contributed by atoms with Gasteiger partial charge in [0.25, 0.3) is 0 Å². The van der Waals surface area contributed by atoms with E-state index in [1.54, 1.807) is 5.57 Å². The molecule has 2 aliphatic rings. The molecule has 0 aromatic carbocycles. The molecular formula is C24H42O. The lowest BCUT2D eigenvalue weighted by Crippen LogP contribution is -2.24. The maximum absolute atomic E-state index is 12.4. The Morgan fingerprint density at radius 1 is 1.08 bits per heavy atom. The van der Waals surface area contributed by atoms with Crippen molar-refractivity contribution in [3.63, 3.8) is 0 Å².